The number of carbonyl (C=O) groups is 1. The molecule has 2 aliphatic heterocycles. The van der Waals surface area contributed by atoms with Crippen molar-refractivity contribution in [2.24, 2.45) is 0 Å². The minimum absolute atomic E-state index is 0.00911. The standard InChI is InChI=1S/C30H40FNO5/c1-5-17-35-24-19-26(22-9-7-6-8-10-22)37-30(20-24)13-15-32(16-14-30)28(33)23-11-12-25(27(18-23)34-4)36-21-29(2,3)31/h6-12,18,24,26H,5,13-17,19-21H2,1-4H3. The van der Waals surface area contributed by atoms with Gasteiger partial charge in [-0.1, -0.05) is 37.3 Å². The summed E-state index contributed by atoms with van der Waals surface area (Å²) in [6.45, 7) is 6.90. The third-order valence-electron chi connectivity index (χ3n) is 7.14. The van der Waals surface area contributed by atoms with Crippen LogP contribution in [0.5, 0.6) is 11.5 Å². The number of hydrogen-bond acceptors (Lipinski definition) is 5. The van der Waals surface area contributed by atoms with Crippen LogP contribution in [0.2, 0.25) is 0 Å². The lowest BCUT2D eigenvalue weighted by Gasteiger charge is -2.49. The topological polar surface area (TPSA) is 57.2 Å². The Morgan fingerprint density at radius 3 is 2.51 bits per heavy atom. The van der Waals surface area contributed by atoms with Crippen molar-refractivity contribution in [3.63, 3.8) is 0 Å². The fourth-order valence-electron chi connectivity index (χ4n) is 5.21. The van der Waals surface area contributed by atoms with Crippen molar-refractivity contribution in [1.82, 2.24) is 4.90 Å². The van der Waals surface area contributed by atoms with E-state index < -0.39 is 5.67 Å². The molecule has 0 bridgehead atoms. The Bertz CT molecular complexity index is 1030. The molecule has 6 nitrogen and oxygen atoms in total. The SMILES string of the molecule is CCCOC1CC(c2ccccc2)OC2(CCN(C(=O)c3ccc(OCC(C)(C)F)c(OC)c3)CC2)C1. The molecule has 1 amide bonds. The van der Waals surface area contributed by atoms with Crippen molar-refractivity contribution in [3.05, 3.63) is 59.7 Å². The lowest BCUT2D eigenvalue weighted by Crippen LogP contribution is -2.52. The van der Waals surface area contributed by atoms with Gasteiger partial charge in [-0.25, -0.2) is 4.39 Å². The smallest absolute Gasteiger partial charge is 0.253 e. The van der Waals surface area contributed by atoms with Gasteiger partial charge in [-0.3, -0.25) is 4.79 Å². The first-order valence-corrected chi connectivity index (χ1v) is 13.4. The van der Waals surface area contributed by atoms with E-state index in [9.17, 15) is 9.18 Å². The van der Waals surface area contributed by atoms with Gasteiger partial charge in [-0.15, -0.1) is 0 Å². The largest absolute Gasteiger partial charge is 0.493 e. The zero-order chi connectivity index (χ0) is 26.5. The van der Waals surface area contributed by atoms with Crippen LogP contribution in [0.4, 0.5) is 4.39 Å². The van der Waals surface area contributed by atoms with E-state index in [2.05, 4.69) is 19.1 Å². The van der Waals surface area contributed by atoms with Crippen molar-refractivity contribution >= 4 is 5.91 Å². The molecule has 37 heavy (non-hydrogen) atoms. The van der Waals surface area contributed by atoms with Crippen LogP contribution in [0, 0.1) is 0 Å². The Labute approximate surface area is 220 Å². The third kappa shape index (κ3) is 7.02. The van der Waals surface area contributed by atoms with Crippen LogP contribution in [0.15, 0.2) is 48.5 Å². The van der Waals surface area contributed by atoms with Crippen LogP contribution < -0.4 is 9.47 Å². The molecule has 7 heteroatoms. The molecule has 2 fully saturated rings. The van der Waals surface area contributed by atoms with E-state index in [1.54, 1.807) is 18.2 Å². The number of hydrogen-bond donors (Lipinski definition) is 0. The average molecular weight is 514 g/mol. The number of nitrogens with zero attached hydrogens (tertiary/aromatic N) is 1. The molecule has 2 saturated heterocycles. The number of alkyl halides is 1. The van der Waals surface area contributed by atoms with Gasteiger partial charge >= 0.3 is 0 Å². The van der Waals surface area contributed by atoms with Crippen molar-refractivity contribution < 1.29 is 28.1 Å². The second-order valence-electron chi connectivity index (χ2n) is 10.8. The molecule has 1 spiro atoms. The molecule has 2 aromatic carbocycles. The summed E-state index contributed by atoms with van der Waals surface area (Å²) in [5.41, 5.74) is -0.0705. The van der Waals surface area contributed by atoms with Crippen LogP contribution in [-0.4, -0.2) is 61.6 Å². The highest BCUT2D eigenvalue weighted by molar-refractivity contribution is 5.95. The molecule has 0 N–H and O–H groups in total. The van der Waals surface area contributed by atoms with Gasteiger partial charge in [0.05, 0.1) is 24.9 Å². The lowest BCUT2D eigenvalue weighted by molar-refractivity contribution is -0.191. The number of amides is 1. The van der Waals surface area contributed by atoms with Crippen LogP contribution in [0.25, 0.3) is 0 Å². The second kappa shape index (κ2) is 11.8. The minimum Gasteiger partial charge on any atom is -0.493 e. The first-order chi connectivity index (χ1) is 17.7. The summed E-state index contributed by atoms with van der Waals surface area (Å²) in [7, 11) is 1.52. The molecule has 2 aliphatic rings. The van der Waals surface area contributed by atoms with Gasteiger partial charge in [0.15, 0.2) is 11.5 Å². The summed E-state index contributed by atoms with van der Waals surface area (Å²) in [5.74, 6) is 0.781. The zero-order valence-electron chi connectivity index (χ0n) is 22.5. The van der Waals surface area contributed by atoms with E-state index in [1.807, 2.05) is 23.1 Å². The number of carbonyl (C=O) groups excluding carboxylic acids is 1. The fraction of sp³-hybridized carbons (Fsp3) is 0.567. The van der Waals surface area contributed by atoms with Gasteiger partial charge in [0.1, 0.15) is 12.3 Å². The number of likely N-dealkylation sites (tertiary alicyclic amines) is 1. The number of rotatable bonds is 9. The van der Waals surface area contributed by atoms with Crippen LogP contribution in [0.3, 0.4) is 0 Å². The highest BCUT2D eigenvalue weighted by atomic mass is 19.1. The normalized spacial score (nSPS) is 21.6. The molecule has 0 aliphatic carbocycles. The van der Waals surface area contributed by atoms with E-state index in [0.717, 1.165) is 38.7 Å². The molecule has 2 heterocycles. The van der Waals surface area contributed by atoms with Gasteiger partial charge in [0.2, 0.25) is 0 Å². The predicted octanol–water partition coefficient (Wildman–Crippen LogP) is 6.14. The average Bonchev–Trinajstić information content (AvgIpc) is 2.90. The summed E-state index contributed by atoms with van der Waals surface area (Å²) in [5, 5.41) is 0. The van der Waals surface area contributed by atoms with Gasteiger partial charge in [0.25, 0.3) is 5.91 Å². The fourth-order valence-corrected chi connectivity index (χ4v) is 5.21. The summed E-state index contributed by atoms with van der Waals surface area (Å²) in [4.78, 5) is 15.2. The van der Waals surface area contributed by atoms with Crippen molar-refractivity contribution in [1.29, 1.82) is 0 Å². The number of halogens is 1. The number of ether oxygens (including phenoxy) is 4. The summed E-state index contributed by atoms with van der Waals surface area (Å²) < 4.78 is 37.9. The van der Waals surface area contributed by atoms with Crippen LogP contribution in [0.1, 0.15) is 74.9 Å². The number of benzene rings is 2. The molecule has 0 radical (unpaired) electrons. The Hall–Kier alpha value is -2.64. The van der Waals surface area contributed by atoms with E-state index in [0.29, 0.717) is 30.2 Å². The van der Waals surface area contributed by atoms with Crippen molar-refractivity contribution in [2.75, 3.05) is 33.4 Å². The number of methoxy groups -OCH3 is 1. The molecular formula is C30H40FNO5. The van der Waals surface area contributed by atoms with Crippen molar-refractivity contribution in [3.8, 4) is 11.5 Å². The summed E-state index contributed by atoms with van der Waals surface area (Å²) in [6.07, 6.45) is 4.35. The maximum Gasteiger partial charge on any atom is 0.253 e. The first-order valence-electron chi connectivity index (χ1n) is 13.4. The maximum absolute atomic E-state index is 13.9. The zero-order valence-corrected chi connectivity index (χ0v) is 22.5. The van der Waals surface area contributed by atoms with Crippen molar-refractivity contribution in [2.45, 2.75) is 76.4 Å². The Morgan fingerprint density at radius 2 is 1.86 bits per heavy atom. The van der Waals surface area contributed by atoms with E-state index >= 15 is 0 Å². The molecule has 2 aromatic rings. The monoisotopic (exact) mass is 513 g/mol. The molecule has 2 unspecified atom stereocenters. The number of piperidine rings is 1. The first kappa shape index (κ1) is 27.4. The Kier molecular flexibility index (Phi) is 8.75. The van der Waals surface area contributed by atoms with Crippen LogP contribution >= 0.6 is 0 Å². The van der Waals surface area contributed by atoms with Gasteiger partial charge < -0.3 is 23.8 Å². The maximum atomic E-state index is 13.9. The Morgan fingerprint density at radius 1 is 1.14 bits per heavy atom. The highest BCUT2D eigenvalue weighted by Crippen LogP contribution is 2.44. The molecule has 2 atom stereocenters. The summed E-state index contributed by atoms with van der Waals surface area (Å²) in [6, 6.07) is 15.4. The lowest BCUT2D eigenvalue weighted by atomic mass is 9.80. The van der Waals surface area contributed by atoms with Gasteiger partial charge in [-0.2, -0.15) is 0 Å². The minimum atomic E-state index is -1.47. The van der Waals surface area contributed by atoms with Gasteiger partial charge in [0, 0.05) is 38.1 Å². The molecule has 202 valence electrons. The van der Waals surface area contributed by atoms with Gasteiger partial charge in [-0.05, 0) is 56.9 Å². The second-order valence-corrected chi connectivity index (χ2v) is 10.8. The quantitative estimate of drug-likeness (QED) is 0.403. The van der Waals surface area contributed by atoms with E-state index in [1.165, 1.54) is 26.5 Å². The third-order valence-corrected chi connectivity index (χ3v) is 7.14. The highest BCUT2D eigenvalue weighted by Gasteiger charge is 2.45. The molecule has 0 saturated carbocycles. The predicted molar refractivity (Wildman–Crippen MR) is 141 cm³/mol. The molecule has 4 rings (SSSR count). The van der Waals surface area contributed by atoms with E-state index in [4.69, 9.17) is 18.9 Å². The van der Waals surface area contributed by atoms with E-state index in [-0.39, 0.29) is 30.3 Å². The summed E-state index contributed by atoms with van der Waals surface area (Å²) >= 11 is 0. The van der Waals surface area contributed by atoms with Crippen LogP contribution in [-0.2, 0) is 9.47 Å². The molecule has 0 aromatic heterocycles. The Balaban J connectivity index is 1.43. The molecular weight excluding hydrogens is 473 g/mol.